The van der Waals surface area contributed by atoms with Crippen molar-refractivity contribution in [3.8, 4) is 11.1 Å². The maximum Gasteiger partial charge on any atom is 0.408 e. The molecule has 2 aromatic carbocycles. The summed E-state index contributed by atoms with van der Waals surface area (Å²) in [6, 6.07) is 16.2. The van der Waals surface area contributed by atoms with E-state index < -0.39 is 23.0 Å². The van der Waals surface area contributed by atoms with Gasteiger partial charge in [-0.25, -0.2) is 4.79 Å². The van der Waals surface area contributed by atoms with E-state index in [0.717, 1.165) is 28.7 Å². The van der Waals surface area contributed by atoms with Gasteiger partial charge in [0.15, 0.2) is 0 Å². The van der Waals surface area contributed by atoms with Gasteiger partial charge in [-0.15, -0.1) is 0 Å². The number of fused-ring (bicyclic) bond motifs is 3. The number of aliphatic carboxylic acids is 1. The quantitative estimate of drug-likeness (QED) is 0.562. The number of carboxylic acids is 1. The molecule has 0 bridgehead atoms. The van der Waals surface area contributed by atoms with Crippen molar-refractivity contribution in [1.82, 2.24) is 10.6 Å². The molecule has 1 fully saturated rings. The zero-order valence-corrected chi connectivity index (χ0v) is 19.0. The first-order chi connectivity index (χ1) is 15.7. The lowest BCUT2D eigenvalue weighted by atomic mass is 9.75. The number of ether oxygens (including phenoxy) is 1. The summed E-state index contributed by atoms with van der Waals surface area (Å²) >= 11 is 0. The van der Waals surface area contributed by atoms with E-state index in [9.17, 15) is 14.4 Å². The van der Waals surface area contributed by atoms with Crippen LogP contribution in [0.2, 0.25) is 0 Å². The molecule has 0 aliphatic heterocycles. The second kappa shape index (κ2) is 8.89. The van der Waals surface area contributed by atoms with Crippen molar-refractivity contribution >= 4 is 18.0 Å². The third kappa shape index (κ3) is 4.72. The van der Waals surface area contributed by atoms with Gasteiger partial charge in [0, 0.05) is 12.5 Å². The lowest BCUT2D eigenvalue weighted by Gasteiger charge is -2.41. The molecule has 2 aromatic rings. The smallest absolute Gasteiger partial charge is 0.408 e. The number of carboxylic acid groups (broad SMARTS) is 1. The number of rotatable bonds is 8. The Bertz CT molecular complexity index is 1030. The van der Waals surface area contributed by atoms with E-state index in [2.05, 4.69) is 34.9 Å². The van der Waals surface area contributed by atoms with Crippen LogP contribution in [0.5, 0.6) is 0 Å². The van der Waals surface area contributed by atoms with Gasteiger partial charge in [0.25, 0.3) is 0 Å². The molecule has 3 N–H and O–H groups in total. The summed E-state index contributed by atoms with van der Waals surface area (Å²) in [5, 5.41) is 14.7. The Balaban J connectivity index is 1.37. The number of benzene rings is 2. The monoisotopic (exact) mass is 450 g/mol. The molecule has 0 heterocycles. The topological polar surface area (TPSA) is 105 Å². The van der Waals surface area contributed by atoms with E-state index in [-0.39, 0.29) is 31.4 Å². The fourth-order valence-corrected chi connectivity index (χ4v) is 4.73. The van der Waals surface area contributed by atoms with Crippen LogP contribution in [-0.2, 0) is 14.3 Å². The van der Waals surface area contributed by atoms with Gasteiger partial charge < -0.3 is 20.5 Å². The van der Waals surface area contributed by atoms with Crippen LogP contribution >= 0.6 is 0 Å². The molecule has 0 unspecified atom stereocenters. The summed E-state index contributed by atoms with van der Waals surface area (Å²) in [5.74, 6) is -1.25. The average Bonchev–Trinajstić information content (AvgIpc) is 3.06. The number of nitrogens with one attached hydrogen (secondary N) is 2. The summed E-state index contributed by atoms with van der Waals surface area (Å²) in [7, 11) is 0. The summed E-state index contributed by atoms with van der Waals surface area (Å²) in [5.41, 5.74) is 2.98. The number of alkyl carbamates (subject to hydrolysis) is 1. The average molecular weight is 451 g/mol. The van der Waals surface area contributed by atoms with Crippen molar-refractivity contribution in [2.75, 3.05) is 13.2 Å². The fraction of sp³-hybridized carbons (Fsp3) is 0.423. The van der Waals surface area contributed by atoms with Crippen LogP contribution in [0.1, 0.15) is 56.6 Å². The van der Waals surface area contributed by atoms with Crippen molar-refractivity contribution in [3.05, 3.63) is 59.7 Å². The minimum Gasteiger partial charge on any atom is -0.481 e. The van der Waals surface area contributed by atoms with Crippen LogP contribution in [0, 0.1) is 5.41 Å². The van der Waals surface area contributed by atoms with Gasteiger partial charge in [0.2, 0.25) is 5.91 Å². The Morgan fingerprint density at radius 2 is 1.61 bits per heavy atom. The molecular formula is C26H30N2O5. The van der Waals surface area contributed by atoms with E-state index in [1.165, 1.54) is 0 Å². The highest BCUT2D eigenvalue weighted by atomic mass is 16.5. The van der Waals surface area contributed by atoms with Gasteiger partial charge >= 0.3 is 12.1 Å². The molecule has 2 aliphatic rings. The molecule has 7 nitrogen and oxygen atoms in total. The van der Waals surface area contributed by atoms with Crippen LogP contribution in [0.3, 0.4) is 0 Å². The predicted molar refractivity (Wildman–Crippen MR) is 124 cm³/mol. The number of hydrogen-bond acceptors (Lipinski definition) is 4. The van der Waals surface area contributed by atoms with Crippen molar-refractivity contribution in [2.45, 2.75) is 51.0 Å². The first-order valence-electron chi connectivity index (χ1n) is 11.3. The Kier molecular flexibility index (Phi) is 6.15. The number of hydrogen-bond donors (Lipinski definition) is 3. The molecule has 0 atom stereocenters. The standard InChI is InChI=1S/C26H30N2O5/c1-25(2,14-22(29)30)16-27-23(31)26(12-7-13-26)28-24(32)33-15-21-19-10-5-3-8-17(19)18-9-4-6-11-20(18)21/h3-6,8-11,21H,7,12-16H2,1-2H3,(H,27,31)(H,28,32)(H,29,30). The van der Waals surface area contributed by atoms with Crippen LogP contribution < -0.4 is 10.6 Å². The molecule has 33 heavy (non-hydrogen) atoms. The SMILES string of the molecule is CC(C)(CNC(=O)C1(NC(=O)OCC2c3ccccc3-c3ccccc32)CCC1)CC(=O)O. The van der Waals surface area contributed by atoms with Crippen molar-refractivity contribution in [2.24, 2.45) is 5.41 Å². The number of carbonyl (C=O) groups is 3. The minimum atomic E-state index is -0.998. The molecule has 0 saturated heterocycles. The molecule has 174 valence electrons. The largest absolute Gasteiger partial charge is 0.481 e. The van der Waals surface area contributed by atoms with Crippen molar-refractivity contribution in [3.63, 3.8) is 0 Å². The molecule has 0 aromatic heterocycles. The van der Waals surface area contributed by atoms with Crippen molar-refractivity contribution < 1.29 is 24.2 Å². The zero-order chi connectivity index (χ0) is 23.6. The van der Waals surface area contributed by atoms with E-state index in [4.69, 9.17) is 9.84 Å². The Morgan fingerprint density at radius 1 is 1.03 bits per heavy atom. The maximum absolute atomic E-state index is 12.9. The lowest BCUT2D eigenvalue weighted by molar-refractivity contribution is -0.140. The highest BCUT2D eigenvalue weighted by Crippen LogP contribution is 2.44. The molecule has 0 spiro atoms. The highest BCUT2D eigenvalue weighted by molar-refractivity contribution is 5.91. The summed E-state index contributed by atoms with van der Waals surface area (Å²) in [4.78, 5) is 36.6. The second-order valence-electron chi connectivity index (χ2n) is 9.80. The van der Waals surface area contributed by atoms with E-state index in [0.29, 0.717) is 12.8 Å². The predicted octanol–water partition coefficient (Wildman–Crippen LogP) is 4.06. The lowest BCUT2D eigenvalue weighted by Crippen LogP contribution is -2.63. The molecule has 0 radical (unpaired) electrons. The Labute approximate surface area is 193 Å². The number of amides is 2. The van der Waals surface area contributed by atoms with Crippen LogP contribution in [0.25, 0.3) is 11.1 Å². The summed E-state index contributed by atoms with van der Waals surface area (Å²) in [6.07, 6.45) is 1.22. The highest BCUT2D eigenvalue weighted by Gasteiger charge is 2.46. The third-order valence-corrected chi connectivity index (χ3v) is 6.68. The number of carbonyl (C=O) groups excluding carboxylic acids is 2. The third-order valence-electron chi connectivity index (χ3n) is 6.68. The summed E-state index contributed by atoms with van der Waals surface area (Å²) in [6.45, 7) is 3.97. The van der Waals surface area contributed by atoms with E-state index in [1.54, 1.807) is 13.8 Å². The fourth-order valence-electron chi connectivity index (χ4n) is 4.73. The van der Waals surface area contributed by atoms with Crippen LogP contribution in [0.15, 0.2) is 48.5 Å². The first-order valence-corrected chi connectivity index (χ1v) is 11.3. The van der Waals surface area contributed by atoms with Crippen molar-refractivity contribution in [1.29, 1.82) is 0 Å². The van der Waals surface area contributed by atoms with Gasteiger partial charge in [0.1, 0.15) is 12.1 Å². The van der Waals surface area contributed by atoms with Gasteiger partial charge in [0.05, 0.1) is 6.42 Å². The van der Waals surface area contributed by atoms with Crippen LogP contribution in [0.4, 0.5) is 4.79 Å². The summed E-state index contributed by atoms with van der Waals surface area (Å²) < 4.78 is 5.61. The van der Waals surface area contributed by atoms with E-state index in [1.807, 2.05) is 24.3 Å². The Morgan fingerprint density at radius 3 is 2.12 bits per heavy atom. The van der Waals surface area contributed by atoms with Gasteiger partial charge in [-0.05, 0) is 46.9 Å². The van der Waals surface area contributed by atoms with Gasteiger partial charge in [-0.2, -0.15) is 0 Å². The molecule has 2 amide bonds. The Hall–Kier alpha value is -3.35. The molecule has 1 saturated carbocycles. The molecule has 7 heteroatoms. The normalized spacial score (nSPS) is 16.2. The van der Waals surface area contributed by atoms with Crippen LogP contribution in [-0.4, -0.2) is 41.8 Å². The van der Waals surface area contributed by atoms with E-state index >= 15 is 0 Å². The first kappa shape index (κ1) is 22.8. The van der Waals surface area contributed by atoms with Gasteiger partial charge in [-0.3, -0.25) is 9.59 Å². The molecule has 4 rings (SSSR count). The molecular weight excluding hydrogens is 420 g/mol. The minimum absolute atomic E-state index is 0.0499. The maximum atomic E-state index is 12.9. The second-order valence-corrected chi connectivity index (χ2v) is 9.80. The molecule has 2 aliphatic carbocycles. The zero-order valence-electron chi connectivity index (χ0n) is 19.0. The van der Waals surface area contributed by atoms with Gasteiger partial charge in [-0.1, -0.05) is 62.4 Å².